The lowest BCUT2D eigenvalue weighted by Crippen LogP contribution is -2.52. The van der Waals surface area contributed by atoms with Crippen LogP contribution in [0.3, 0.4) is 0 Å². The molecule has 4 atom stereocenters. The molecule has 1 saturated heterocycles. The van der Waals surface area contributed by atoms with Crippen molar-refractivity contribution in [3.63, 3.8) is 0 Å². The van der Waals surface area contributed by atoms with E-state index in [1.807, 2.05) is 44.2 Å². The van der Waals surface area contributed by atoms with Gasteiger partial charge in [0.25, 0.3) is 0 Å². The molecule has 1 saturated carbocycles. The van der Waals surface area contributed by atoms with E-state index in [0.29, 0.717) is 32.2 Å². The normalized spacial score (nSPS) is 21.8. The number of rotatable bonds is 12. The third-order valence-corrected chi connectivity index (χ3v) is 7.44. The quantitative estimate of drug-likeness (QED) is 0.325. The van der Waals surface area contributed by atoms with Crippen molar-refractivity contribution in [2.75, 3.05) is 13.2 Å². The Kier molecular flexibility index (Phi) is 10.9. The van der Waals surface area contributed by atoms with Gasteiger partial charge in [-0.25, -0.2) is 13.6 Å². The fourth-order valence-corrected chi connectivity index (χ4v) is 5.30. The number of amides is 3. The number of aliphatic hydroxyl groups is 1. The molecule has 3 rings (SSSR count). The molecule has 0 unspecified atom stereocenters. The molecule has 0 aromatic heterocycles. The predicted octanol–water partition coefficient (Wildman–Crippen LogP) is 3.57. The molecule has 0 radical (unpaired) electrons. The molecule has 0 bridgehead atoms. The van der Waals surface area contributed by atoms with E-state index in [1.165, 1.54) is 0 Å². The zero-order chi connectivity index (χ0) is 27.7. The zero-order valence-corrected chi connectivity index (χ0v) is 22.3. The van der Waals surface area contributed by atoms with Gasteiger partial charge in [-0.3, -0.25) is 9.59 Å². The maximum atomic E-state index is 13.8. The molecule has 1 aliphatic carbocycles. The zero-order valence-electron chi connectivity index (χ0n) is 22.3. The summed E-state index contributed by atoms with van der Waals surface area (Å²) in [6, 6.07) is 7.89. The highest BCUT2D eigenvalue weighted by Gasteiger charge is 2.39. The number of halogens is 2. The van der Waals surface area contributed by atoms with E-state index >= 15 is 0 Å². The molecule has 0 spiro atoms. The highest BCUT2D eigenvalue weighted by molar-refractivity contribution is 5.86. The highest BCUT2D eigenvalue weighted by Crippen LogP contribution is 2.38. The van der Waals surface area contributed by atoms with Gasteiger partial charge in [-0.2, -0.15) is 0 Å². The second-order valence-electron chi connectivity index (χ2n) is 11.1. The second kappa shape index (κ2) is 13.9. The van der Waals surface area contributed by atoms with Gasteiger partial charge in [0.2, 0.25) is 17.7 Å². The smallest absolute Gasteiger partial charge is 0.408 e. The molecule has 1 heterocycles. The Balaban J connectivity index is 1.64. The second-order valence-corrected chi connectivity index (χ2v) is 11.1. The van der Waals surface area contributed by atoms with Crippen molar-refractivity contribution in [1.82, 2.24) is 16.0 Å². The fraction of sp³-hybridized carbons (Fsp3) is 0.679. The van der Waals surface area contributed by atoms with Gasteiger partial charge < -0.3 is 25.8 Å². The molecule has 2 aliphatic rings. The lowest BCUT2D eigenvalue weighted by Gasteiger charge is -2.34. The summed E-state index contributed by atoms with van der Waals surface area (Å²) >= 11 is 0. The summed E-state index contributed by atoms with van der Waals surface area (Å²) in [7, 11) is 0. The Labute approximate surface area is 223 Å². The Morgan fingerprint density at radius 2 is 1.82 bits per heavy atom. The monoisotopic (exact) mass is 537 g/mol. The Bertz CT molecular complexity index is 920. The predicted molar refractivity (Wildman–Crippen MR) is 138 cm³/mol. The Hall–Kier alpha value is -2.75. The summed E-state index contributed by atoms with van der Waals surface area (Å²) in [5.74, 6) is -3.68. The molecule has 10 heteroatoms. The maximum Gasteiger partial charge on any atom is 0.408 e. The van der Waals surface area contributed by atoms with E-state index in [9.17, 15) is 28.3 Å². The first kappa shape index (κ1) is 29.8. The summed E-state index contributed by atoms with van der Waals surface area (Å²) in [4.78, 5) is 38.1. The first-order valence-corrected chi connectivity index (χ1v) is 13.6. The molecule has 38 heavy (non-hydrogen) atoms. The van der Waals surface area contributed by atoms with Crippen LogP contribution in [0.15, 0.2) is 30.3 Å². The Morgan fingerprint density at radius 1 is 1.13 bits per heavy atom. The SMILES string of the molecule is CC(C)C[C@H](NC(=O)O[C@@H](Cc1ccccc1)C1CCC(F)(F)CC1)C(=O)N[C@H](CO)C[C@@H]1CCNC1=O. The van der Waals surface area contributed by atoms with E-state index in [-0.39, 0.29) is 56.0 Å². The van der Waals surface area contributed by atoms with Crippen LogP contribution in [0.1, 0.15) is 64.4 Å². The summed E-state index contributed by atoms with van der Waals surface area (Å²) < 4.78 is 33.4. The standard InChI is InChI=1S/C28H41F2N3O5/c1-18(2)14-23(26(36)32-22(17-34)16-21-10-13-31-25(21)35)33-27(37)38-24(15-19-6-4-3-5-7-19)20-8-11-28(29,30)12-9-20/h3-7,18,20-24,34H,8-17H2,1-2H3,(H,31,35)(H,32,36)(H,33,37)/t21-,22-,23-,24-/m0/s1. The van der Waals surface area contributed by atoms with E-state index < -0.39 is 36.1 Å². The molecule has 2 fully saturated rings. The minimum atomic E-state index is -2.70. The molecule has 8 nitrogen and oxygen atoms in total. The van der Waals surface area contributed by atoms with Gasteiger partial charge in [0, 0.05) is 31.7 Å². The van der Waals surface area contributed by atoms with Crippen LogP contribution < -0.4 is 16.0 Å². The summed E-state index contributed by atoms with van der Waals surface area (Å²) in [6.45, 7) is 4.07. The number of alkyl halides is 2. The number of carbonyl (C=O) groups excluding carboxylic acids is 3. The largest absolute Gasteiger partial charge is 0.446 e. The van der Waals surface area contributed by atoms with Crippen LogP contribution in [0.2, 0.25) is 0 Å². The van der Waals surface area contributed by atoms with Crippen LogP contribution in [0.4, 0.5) is 13.6 Å². The number of ether oxygens (including phenoxy) is 1. The summed E-state index contributed by atoms with van der Waals surface area (Å²) in [6.07, 6.45) is 0.300. The van der Waals surface area contributed by atoms with Crippen LogP contribution in [0, 0.1) is 17.8 Å². The number of nitrogens with one attached hydrogen (secondary N) is 3. The Morgan fingerprint density at radius 3 is 2.39 bits per heavy atom. The minimum Gasteiger partial charge on any atom is -0.446 e. The molecule has 3 amide bonds. The summed E-state index contributed by atoms with van der Waals surface area (Å²) in [5, 5.41) is 18.0. The van der Waals surface area contributed by atoms with Crippen molar-refractivity contribution in [2.45, 2.75) is 89.3 Å². The third kappa shape index (κ3) is 9.22. The number of hydrogen-bond acceptors (Lipinski definition) is 5. The van der Waals surface area contributed by atoms with Gasteiger partial charge in [0.1, 0.15) is 12.1 Å². The van der Waals surface area contributed by atoms with Gasteiger partial charge in [-0.1, -0.05) is 44.2 Å². The van der Waals surface area contributed by atoms with Gasteiger partial charge in [0.05, 0.1) is 12.6 Å². The first-order chi connectivity index (χ1) is 18.1. The average molecular weight is 538 g/mol. The maximum absolute atomic E-state index is 13.8. The third-order valence-electron chi connectivity index (χ3n) is 7.44. The lowest BCUT2D eigenvalue weighted by atomic mass is 9.81. The van der Waals surface area contributed by atoms with E-state index in [0.717, 1.165) is 5.56 Å². The van der Waals surface area contributed by atoms with Gasteiger partial charge in [-0.15, -0.1) is 0 Å². The van der Waals surface area contributed by atoms with Crippen LogP contribution in [-0.4, -0.2) is 60.3 Å². The van der Waals surface area contributed by atoms with Crippen molar-refractivity contribution >= 4 is 17.9 Å². The fourth-order valence-electron chi connectivity index (χ4n) is 5.30. The molecule has 1 aromatic carbocycles. The first-order valence-electron chi connectivity index (χ1n) is 13.6. The van der Waals surface area contributed by atoms with Crippen molar-refractivity contribution in [3.05, 3.63) is 35.9 Å². The minimum absolute atomic E-state index is 0.0694. The van der Waals surface area contributed by atoms with Crippen molar-refractivity contribution < 1.29 is 33.0 Å². The van der Waals surface area contributed by atoms with Crippen LogP contribution >= 0.6 is 0 Å². The highest BCUT2D eigenvalue weighted by atomic mass is 19.3. The van der Waals surface area contributed by atoms with Crippen molar-refractivity contribution in [1.29, 1.82) is 0 Å². The topological polar surface area (TPSA) is 117 Å². The van der Waals surface area contributed by atoms with Crippen molar-refractivity contribution in [2.24, 2.45) is 17.8 Å². The van der Waals surface area contributed by atoms with Crippen LogP contribution in [-0.2, 0) is 20.7 Å². The molecule has 212 valence electrons. The lowest BCUT2D eigenvalue weighted by molar-refractivity contribution is -0.126. The van der Waals surface area contributed by atoms with E-state index in [1.54, 1.807) is 0 Å². The number of alkyl carbamates (subject to hydrolysis) is 1. The average Bonchev–Trinajstić information content (AvgIpc) is 3.27. The van der Waals surface area contributed by atoms with E-state index in [2.05, 4.69) is 16.0 Å². The number of hydrogen-bond donors (Lipinski definition) is 4. The van der Waals surface area contributed by atoms with Gasteiger partial charge in [0.15, 0.2) is 0 Å². The van der Waals surface area contributed by atoms with Gasteiger partial charge in [-0.05, 0) is 49.5 Å². The van der Waals surface area contributed by atoms with E-state index in [4.69, 9.17) is 4.74 Å². The van der Waals surface area contributed by atoms with Crippen LogP contribution in [0.25, 0.3) is 0 Å². The number of carbonyl (C=O) groups is 3. The summed E-state index contributed by atoms with van der Waals surface area (Å²) in [5.41, 5.74) is 0.931. The number of aliphatic hydroxyl groups excluding tert-OH is 1. The van der Waals surface area contributed by atoms with Crippen molar-refractivity contribution in [3.8, 4) is 0 Å². The molecular formula is C28H41F2N3O5. The molecule has 1 aliphatic heterocycles. The molecule has 1 aromatic rings. The van der Waals surface area contributed by atoms with Gasteiger partial charge >= 0.3 is 6.09 Å². The molecular weight excluding hydrogens is 496 g/mol. The number of benzene rings is 1. The molecule has 4 N–H and O–H groups in total. The van der Waals surface area contributed by atoms with Crippen LogP contribution in [0.5, 0.6) is 0 Å².